The first kappa shape index (κ1) is 23.3. The van der Waals surface area contributed by atoms with Gasteiger partial charge in [-0.2, -0.15) is 0 Å². The minimum atomic E-state index is -1.97. The molecule has 4 heterocycles. The van der Waals surface area contributed by atoms with Crippen molar-refractivity contribution in [2.24, 2.45) is 5.92 Å². The molecule has 4 aliphatic heterocycles. The van der Waals surface area contributed by atoms with E-state index in [0.29, 0.717) is 0 Å². The number of epoxide rings is 1. The quantitative estimate of drug-likeness (QED) is 0.276. The smallest absolute Gasteiger partial charge is 0.338 e. The van der Waals surface area contributed by atoms with Gasteiger partial charge in [0, 0.05) is 24.8 Å². The summed E-state index contributed by atoms with van der Waals surface area (Å²) in [6, 6.07) is 0. The average Bonchev–Trinajstić information content (AvgIpc) is 3.28. The van der Waals surface area contributed by atoms with E-state index in [4.69, 9.17) is 23.7 Å². The number of esters is 3. The zero-order valence-electron chi connectivity index (χ0n) is 18.8. The summed E-state index contributed by atoms with van der Waals surface area (Å²) in [6.45, 7) is 8.20. The Morgan fingerprint density at radius 3 is 2.61 bits per heavy atom. The van der Waals surface area contributed by atoms with Crippen LogP contribution in [-0.2, 0) is 42.9 Å². The van der Waals surface area contributed by atoms with E-state index >= 15 is 0 Å². The van der Waals surface area contributed by atoms with Crippen LogP contribution in [0.1, 0.15) is 33.6 Å². The van der Waals surface area contributed by atoms with Crippen molar-refractivity contribution in [3.63, 3.8) is 0 Å². The van der Waals surface area contributed by atoms with Crippen molar-refractivity contribution in [2.45, 2.75) is 69.4 Å². The number of ether oxygens (including phenoxy) is 5. The molecule has 1 saturated heterocycles. The number of methoxy groups -OCH3 is 1. The van der Waals surface area contributed by atoms with E-state index < -0.39 is 65.4 Å². The second-order valence-corrected chi connectivity index (χ2v) is 9.02. The normalized spacial score (nSPS) is 39.6. The fourth-order valence-corrected chi connectivity index (χ4v) is 4.86. The summed E-state index contributed by atoms with van der Waals surface area (Å²) in [6.07, 6.45) is -1.20. The number of rotatable bonds is 3. The summed E-state index contributed by atoms with van der Waals surface area (Å²) >= 11 is 0. The molecule has 10 heteroatoms. The van der Waals surface area contributed by atoms with E-state index in [0.717, 1.165) is 7.11 Å². The molecule has 0 aliphatic carbocycles. The largest absolute Gasteiger partial charge is 0.466 e. The van der Waals surface area contributed by atoms with Crippen LogP contribution >= 0.6 is 0 Å². The third-order valence-corrected chi connectivity index (χ3v) is 6.50. The predicted molar refractivity (Wildman–Crippen MR) is 109 cm³/mol. The number of Topliss-reactive ketones (excluding diaryl/α,β-unsaturated/α-hetero) is 1. The number of aliphatic hydroxyl groups is 1. The van der Waals surface area contributed by atoms with Crippen LogP contribution in [0.4, 0.5) is 0 Å². The fourth-order valence-electron chi connectivity index (χ4n) is 4.86. The van der Waals surface area contributed by atoms with E-state index in [9.17, 15) is 24.3 Å². The van der Waals surface area contributed by atoms with E-state index in [1.165, 1.54) is 19.9 Å². The van der Waals surface area contributed by atoms with Crippen molar-refractivity contribution in [2.75, 3.05) is 7.11 Å². The molecule has 0 saturated carbocycles. The monoisotopic (exact) mass is 462 g/mol. The second-order valence-electron chi connectivity index (χ2n) is 9.02. The molecule has 4 rings (SSSR count). The lowest BCUT2D eigenvalue weighted by atomic mass is 9.80. The third kappa shape index (κ3) is 4.03. The molecule has 33 heavy (non-hydrogen) atoms. The van der Waals surface area contributed by atoms with Crippen molar-refractivity contribution in [1.82, 2.24) is 0 Å². The van der Waals surface area contributed by atoms with Crippen LogP contribution in [0.5, 0.6) is 0 Å². The first-order valence-electron chi connectivity index (χ1n) is 10.6. The maximum atomic E-state index is 13.1. The molecule has 0 radical (unpaired) electrons. The van der Waals surface area contributed by atoms with Gasteiger partial charge in [-0.15, -0.1) is 0 Å². The lowest BCUT2D eigenvalue weighted by Crippen LogP contribution is -2.52. The van der Waals surface area contributed by atoms with Crippen LogP contribution in [0.2, 0.25) is 0 Å². The van der Waals surface area contributed by atoms with E-state index in [1.807, 2.05) is 0 Å². The summed E-state index contributed by atoms with van der Waals surface area (Å²) in [5, 5.41) is 11.3. The van der Waals surface area contributed by atoms with Crippen LogP contribution in [0, 0.1) is 5.92 Å². The topological polar surface area (TPSA) is 138 Å². The Morgan fingerprint density at radius 2 is 1.97 bits per heavy atom. The Balaban J connectivity index is 1.84. The Kier molecular flexibility index (Phi) is 5.58. The van der Waals surface area contributed by atoms with Gasteiger partial charge in [-0.3, -0.25) is 9.59 Å². The zero-order chi connectivity index (χ0) is 24.3. The minimum Gasteiger partial charge on any atom is -0.466 e. The van der Waals surface area contributed by atoms with Crippen LogP contribution < -0.4 is 0 Å². The van der Waals surface area contributed by atoms with Gasteiger partial charge < -0.3 is 28.8 Å². The highest BCUT2D eigenvalue weighted by Crippen LogP contribution is 2.51. The number of ketones is 1. The number of fused-ring (bicyclic) bond motifs is 5. The molecule has 1 fully saturated rings. The molecule has 0 aromatic rings. The van der Waals surface area contributed by atoms with Crippen molar-refractivity contribution in [1.29, 1.82) is 0 Å². The van der Waals surface area contributed by atoms with Crippen molar-refractivity contribution in [3.8, 4) is 0 Å². The summed E-state index contributed by atoms with van der Waals surface area (Å²) in [4.78, 5) is 50.0. The van der Waals surface area contributed by atoms with Crippen LogP contribution in [0.3, 0.4) is 0 Å². The second kappa shape index (κ2) is 7.89. The fraction of sp³-hybridized carbons (Fsp3) is 0.565. The number of hydrogen-bond donors (Lipinski definition) is 1. The van der Waals surface area contributed by atoms with Gasteiger partial charge in [-0.25, -0.2) is 9.59 Å². The lowest BCUT2D eigenvalue weighted by Gasteiger charge is -2.38. The van der Waals surface area contributed by atoms with Crippen molar-refractivity contribution in [3.05, 3.63) is 35.5 Å². The first-order chi connectivity index (χ1) is 15.4. The van der Waals surface area contributed by atoms with Gasteiger partial charge in [0.15, 0.2) is 5.78 Å². The summed E-state index contributed by atoms with van der Waals surface area (Å²) in [7, 11) is 1.16. The summed E-state index contributed by atoms with van der Waals surface area (Å²) in [5.41, 5.74) is -0.752. The van der Waals surface area contributed by atoms with E-state index in [1.54, 1.807) is 13.0 Å². The Bertz CT molecular complexity index is 1010. The molecule has 0 unspecified atom stereocenters. The molecule has 0 aromatic heterocycles. The van der Waals surface area contributed by atoms with Crippen molar-refractivity contribution < 1.29 is 48.0 Å². The van der Waals surface area contributed by atoms with E-state index in [-0.39, 0.29) is 29.6 Å². The highest BCUT2D eigenvalue weighted by molar-refractivity contribution is 6.01. The maximum Gasteiger partial charge on any atom is 0.338 e. The minimum absolute atomic E-state index is 0.0880. The summed E-state index contributed by atoms with van der Waals surface area (Å²) < 4.78 is 27.3. The van der Waals surface area contributed by atoms with Gasteiger partial charge in [-0.05, 0) is 38.0 Å². The third-order valence-electron chi connectivity index (χ3n) is 6.50. The molecule has 178 valence electrons. The Morgan fingerprint density at radius 1 is 1.27 bits per heavy atom. The molecular formula is C23H26O10. The van der Waals surface area contributed by atoms with Crippen LogP contribution in [-0.4, -0.2) is 71.7 Å². The Hall–Kier alpha value is -2.82. The molecular weight excluding hydrogens is 436 g/mol. The number of carbonyl (C=O) groups excluding carboxylic acids is 4. The molecule has 4 aliphatic rings. The molecule has 10 nitrogen and oxygen atoms in total. The van der Waals surface area contributed by atoms with Crippen LogP contribution in [0.25, 0.3) is 0 Å². The molecule has 0 spiro atoms. The zero-order valence-corrected chi connectivity index (χ0v) is 18.8. The highest BCUT2D eigenvalue weighted by Gasteiger charge is 2.66. The Labute approximate surface area is 190 Å². The highest BCUT2D eigenvalue weighted by atomic mass is 16.7. The lowest BCUT2D eigenvalue weighted by molar-refractivity contribution is -0.221. The molecule has 4 bridgehead atoms. The van der Waals surface area contributed by atoms with Gasteiger partial charge in [0.05, 0.1) is 12.7 Å². The van der Waals surface area contributed by atoms with Gasteiger partial charge >= 0.3 is 17.9 Å². The van der Waals surface area contributed by atoms with Gasteiger partial charge in [-0.1, -0.05) is 6.58 Å². The average molecular weight is 462 g/mol. The van der Waals surface area contributed by atoms with E-state index in [2.05, 4.69) is 6.58 Å². The molecule has 0 amide bonds. The number of hydrogen-bond acceptors (Lipinski definition) is 10. The summed E-state index contributed by atoms with van der Waals surface area (Å²) in [5.74, 6) is -5.73. The molecule has 1 N–H and O–H groups in total. The maximum absolute atomic E-state index is 13.1. The SMILES string of the molecule is C=C(C(=O)OC)[C@@H]1C[C@@H](OC(C)=O)C2=C[C@H](C[C@]3(C)O[C@@H]3[C@]3(O)C=C(C)C(=O)[C@H]1O3)OC2=O. The molecule has 7 atom stereocenters. The number of carbonyl (C=O) groups is 4. The molecule has 0 aromatic carbocycles. The van der Waals surface area contributed by atoms with Gasteiger partial charge in [0.1, 0.15) is 30.0 Å². The van der Waals surface area contributed by atoms with Crippen molar-refractivity contribution >= 4 is 23.7 Å². The van der Waals surface area contributed by atoms with Crippen LogP contribution in [0.15, 0.2) is 35.5 Å². The standard InChI is InChI=1S/C23H26O10/c1-10-8-23(28)21-22(4,33-21)9-13-6-15(20(27)31-13)16(30-12(3)24)7-14(11(2)19(26)29-5)18(32-23)17(10)25/h6,8,13-14,16,18,21,28H,2,7,9H2,1,3-5H3/t13-,14+,16-,18+,21+,22+,23+/m1/s1. The van der Waals surface area contributed by atoms with Gasteiger partial charge in [0.25, 0.3) is 0 Å². The predicted octanol–water partition coefficient (Wildman–Crippen LogP) is 0.669. The van der Waals surface area contributed by atoms with Gasteiger partial charge in [0.2, 0.25) is 5.79 Å². The first-order valence-corrected chi connectivity index (χ1v) is 10.6.